The van der Waals surface area contributed by atoms with E-state index in [9.17, 15) is 14.9 Å². The van der Waals surface area contributed by atoms with Crippen molar-refractivity contribution in [1.82, 2.24) is 19.7 Å². The van der Waals surface area contributed by atoms with Crippen molar-refractivity contribution in [3.05, 3.63) is 58.7 Å². The highest BCUT2D eigenvalue weighted by molar-refractivity contribution is 5.95. The first-order valence-corrected chi connectivity index (χ1v) is 7.01. The monoisotopic (exact) mass is 315 g/mol. The number of likely N-dealkylation sites (N-methyl/N-ethyl adjacent to an activating group) is 1. The topological polar surface area (TPSA) is 94.2 Å². The summed E-state index contributed by atoms with van der Waals surface area (Å²) in [6, 6.07) is 4.31. The Morgan fingerprint density at radius 1 is 1.48 bits per heavy atom. The van der Waals surface area contributed by atoms with Crippen LogP contribution >= 0.6 is 0 Å². The van der Waals surface area contributed by atoms with Crippen LogP contribution in [0.25, 0.3) is 5.69 Å². The van der Waals surface area contributed by atoms with E-state index in [1.165, 1.54) is 29.5 Å². The van der Waals surface area contributed by atoms with Crippen LogP contribution in [0.3, 0.4) is 0 Å². The molecule has 1 amide bonds. The Morgan fingerprint density at radius 2 is 2.22 bits per heavy atom. The Hall–Kier alpha value is -3.03. The average Bonchev–Trinajstić information content (AvgIpc) is 3.05. The van der Waals surface area contributed by atoms with Gasteiger partial charge in [-0.1, -0.05) is 12.2 Å². The molecular formula is C15H17N5O3. The van der Waals surface area contributed by atoms with Gasteiger partial charge in [-0.15, -0.1) is 0 Å². The summed E-state index contributed by atoms with van der Waals surface area (Å²) >= 11 is 0. The van der Waals surface area contributed by atoms with E-state index in [2.05, 4.69) is 16.7 Å². The molecule has 1 aromatic carbocycles. The van der Waals surface area contributed by atoms with Crippen molar-refractivity contribution in [3.63, 3.8) is 0 Å². The normalized spacial score (nSPS) is 10.3. The second-order valence-corrected chi connectivity index (χ2v) is 5.08. The Morgan fingerprint density at radius 3 is 2.74 bits per heavy atom. The summed E-state index contributed by atoms with van der Waals surface area (Å²) in [7, 11) is 0. The maximum absolute atomic E-state index is 12.5. The van der Waals surface area contributed by atoms with Gasteiger partial charge in [0.1, 0.15) is 18.3 Å². The molecule has 8 nitrogen and oxygen atoms in total. The summed E-state index contributed by atoms with van der Waals surface area (Å²) in [5, 5.41) is 15.2. The molecule has 0 bridgehead atoms. The molecule has 23 heavy (non-hydrogen) atoms. The zero-order chi connectivity index (χ0) is 17.0. The predicted molar refractivity (Wildman–Crippen MR) is 84.4 cm³/mol. The molecule has 1 heterocycles. The first-order valence-electron chi connectivity index (χ1n) is 7.01. The lowest BCUT2D eigenvalue weighted by atomic mass is 10.1. The van der Waals surface area contributed by atoms with Crippen molar-refractivity contribution in [2.75, 3.05) is 13.1 Å². The maximum Gasteiger partial charge on any atom is 0.295 e. The molecule has 0 radical (unpaired) electrons. The van der Waals surface area contributed by atoms with Gasteiger partial charge in [0.15, 0.2) is 0 Å². The zero-order valence-corrected chi connectivity index (χ0v) is 13.0. The van der Waals surface area contributed by atoms with Crippen LogP contribution in [-0.2, 0) is 0 Å². The molecule has 2 rings (SSSR count). The minimum atomic E-state index is -0.539. The van der Waals surface area contributed by atoms with E-state index in [1.807, 2.05) is 13.8 Å². The molecule has 0 aliphatic carbocycles. The summed E-state index contributed by atoms with van der Waals surface area (Å²) in [6.45, 7) is 8.36. The number of nitrogens with zero attached hydrogens (tertiary/aromatic N) is 5. The first kappa shape index (κ1) is 16.3. The zero-order valence-electron chi connectivity index (χ0n) is 13.0. The van der Waals surface area contributed by atoms with Crippen LogP contribution in [0, 0.1) is 10.1 Å². The number of amides is 1. The lowest BCUT2D eigenvalue weighted by Crippen LogP contribution is -2.32. The quantitative estimate of drug-likeness (QED) is 0.463. The fourth-order valence-electron chi connectivity index (χ4n) is 2.16. The molecule has 0 spiro atoms. The highest BCUT2D eigenvalue weighted by Crippen LogP contribution is 2.24. The van der Waals surface area contributed by atoms with E-state index in [0.29, 0.717) is 13.1 Å². The second-order valence-electron chi connectivity index (χ2n) is 5.08. The molecule has 0 atom stereocenters. The van der Waals surface area contributed by atoms with Crippen LogP contribution in [0.15, 0.2) is 43.0 Å². The molecule has 0 fully saturated rings. The van der Waals surface area contributed by atoms with Crippen molar-refractivity contribution >= 4 is 11.6 Å². The van der Waals surface area contributed by atoms with Crippen LogP contribution in [0.5, 0.6) is 0 Å². The number of carbonyl (C=O) groups excluding carboxylic acids is 1. The molecule has 8 heteroatoms. The van der Waals surface area contributed by atoms with Gasteiger partial charge in [-0.05, 0) is 26.0 Å². The number of hydrogen-bond donors (Lipinski definition) is 0. The van der Waals surface area contributed by atoms with Crippen molar-refractivity contribution < 1.29 is 9.72 Å². The third kappa shape index (κ3) is 3.60. The summed E-state index contributed by atoms with van der Waals surface area (Å²) in [5.74, 6) is -0.274. The van der Waals surface area contributed by atoms with Crippen molar-refractivity contribution in [2.24, 2.45) is 0 Å². The summed E-state index contributed by atoms with van der Waals surface area (Å²) in [6.07, 6.45) is 2.65. The van der Waals surface area contributed by atoms with Crippen LogP contribution in [-0.4, -0.2) is 43.6 Å². The van der Waals surface area contributed by atoms with E-state index in [1.54, 1.807) is 11.0 Å². The number of carbonyl (C=O) groups is 1. The molecule has 120 valence electrons. The molecule has 0 saturated carbocycles. The number of hydrogen-bond acceptors (Lipinski definition) is 5. The molecule has 2 aromatic rings. The van der Waals surface area contributed by atoms with Crippen LogP contribution in [0.1, 0.15) is 24.2 Å². The Labute approximate surface area is 133 Å². The molecule has 0 aliphatic rings. The summed E-state index contributed by atoms with van der Waals surface area (Å²) in [4.78, 5) is 28.6. The van der Waals surface area contributed by atoms with Gasteiger partial charge in [0, 0.05) is 24.7 Å². The molecular weight excluding hydrogens is 298 g/mol. The summed E-state index contributed by atoms with van der Waals surface area (Å²) in [5.41, 5.74) is 1.15. The van der Waals surface area contributed by atoms with E-state index in [-0.39, 0.29) is 22.8 Å². The highest BCUT2D eigenvalue weighted by Gasteiger charge is 2.21. The van der Waals surface area contributed by atoms with Crippen molar-refractivity contribution in [1.29, 1.82) is 0 Å². The predicted octanol–water partition coefficient (Wildman–Crippen LogP) is 2.21. The highest BCUT2D eigenvalue weighted by atomic mass is 16.6. The lowest BCUT2D eigenvalue weighted by Gasteiger charge is -2.21. The first-order chi connectivity index (χ1) is 10.9. The van der Waals surface area contributed by atoms with Crippen molar-refractivity contribution in [3.8, 4) is 5.69 Å². The minimum Gasteiger partial charge on any atom is -0.335 e. The maximum atomic E-state index is 12.5. The Balaban J connectivity index is 2.41. The number of benzene rings is 1. The van der Waals surface area contributed by atoms with Gasteiger partial charge in [-0.25, -0.2) is 9.67 Å². The lowest BCUT2D eigenvalue weighted by molar-refractivity contribution is -0.384. The van der Waals surface area contributed by atoms with E-state index < -0.39 is 4.92 Å². The van der Waals surface area contributed by atoms with E-state index in [0.717, 1.165) is 5.57 Å². The molecule has 1 aromatic heterocycles. The fraction of sp³-hybridized carbons (Fsp3) is 0.267. The van der Waals surface area contributed by atoms with Gasteiger partial charge in [0.25, 0.3) is 11.6 Å². The van der Waals surface area contributed by atoms with Gasteiger partial charge in [-0.3, -0.25) is 14.9 Å². The smallest absolute Gasteiger partial charge is 0.295 e. The summed E-state index contributed by atoms with van der Waals surface area (Å²) < 4.78 is 1.29. The Kier molecular flexibility index (Phi) is 4.85. The minimum absolute atomic E-state index is 0.201. The fourth-order valence-corrected chi connectivity index (χ4v) is 2.16. The van der Waals surface area contributed by atoms with Gasteiger partial charge in [0.2, 0.25) is 0 Å². The van der Waals surface area contributed by atoms with Crippen LogP contribution in [0.4, 0.5) is 5.69 Å². The number of nitro groups is 1. The van der Waals surface area contributed by atoms with Gasteiger partial charge < -0.3 is 4.90 Å². The van der Waals surface area contributed by atoms with Crippen LogP contribution < -0.4 is 0 Å². The van der Waals surface area contributed by atoms with Crippen molar-refractivity contribution in [2.45, 2.75) is 13.8 Å². The van der Waals surface area contributed by atoms with Gasteiger partial charge in [-0.2, -0.15) is 5.10 Å². The number of rotatable bonds is 6. The van der Waals surface area contributed by atoms with E-state index >= 15 is 0 Å². The third-order valence-corrected chi connectivity index (χ3v) is 3.21. The number of nitro benzene ring substituents is 1. The molecule has 0 saturated heterocycles. The van der Waals surface area contributed by atoms with Gasteiger partial charge in [0.05, 0.1) is 4.92 Å². The largest absolute Gasteiger partial charge is 0.335 e. The standard InChI is InChI=1S/C15H17N5O3/c1-4-18(8-11(2)3)15(21)12-5-6-13(14(7-12)20(22)23)19-10-16-9-17-19/h5-7,9-10H,2,4,8H2,1,3H3. The number of aromatic nitrogens is 3. The molecule has 0 aliphatic heterocycles. The molecule has 0 N–H and O–H groups in total. The SMILES string of the molecule is C=C(C)CN(CC)C(=O)c1ccc(-n2cncn2)c([N+](=O)[O-])c1. The third-order valence-electron chi connectivity index (χ3n) is 3.21. The second kappa shape index (κ2) is 6.82. The molecule has 0 unspecified atom stereocenters. The van der Waals surface area contributed by atoms with Gasteiger partial charge >= 0.3 is 0 Å². The van der Waals surface area contributed by atoms with Crippen LogP contribution in [0.2, 0.25) is 0 Å². The van der Waals surface area contributed by atoms with E-state index in [4.69, 9.17) is 0 Å². The Bertz CT molecular complexity index is 740. The average molecular weight is 315 g/mol.